The molecule has 0 unspecified atom stereocenters. The molecule has 0 aromatic heterocycles. The lowest BCUT2D eigenvalue weighted by atomic mass is 10.1. The zero-order chi connectivity index (χ0) is 14.7. The number of aryl methyl sites for hydroxylation is 1. The highest BCUT2D eigenvalue weighted by Gasteiger charge is 2.08. The van der Waals surface area contributed by atoms with Gasteiger partial charge in [-0.1, -0.05) is 6.07 Å². The Morgan fingerprint density at radius 2 is 1.80 bits per heavy atom. The number of amides is 2. The maximum Gasteiger partial charge on any atom is 0.255 e. The molecule has 5 nitrogen and oxygen atoms in total. The highest BCUT2D eigenvalue weighted by Crippen LogP contribution is 2.15. The second kappa shape index (κ2) is 5.44. The monoisotopic (exact) mass is 269 g/mol. The molecule has 0 aliphatic carbocycles. The summed E-state index contributed by atoms with van der Waals surface area (Å²) in [6.07, 6.45) is 0. The molecule has 0 aliphatic rings. The average molecular weight is 269 g/mol. The summed E-state index contributed by atoms with van der Waals surface area (Å²) in [5.41, 5.74) is 13.7. The first-order valence-corrected chi connectivity index (χ1v) is 6.04. The van der Waals surface area contributed by atoms with Crippen LogP contribution >= 0.6 is 0 Å². The Balaban J connectivity index is 2.23. The van der Waals surface area contributed by atoms with Gasteiger partial charge in [-0.15, -0.1) is 0 Å². The Hall–Kier alpha value is -2.82. The number of nitrogens with one attached hydrogen (secondary N) is 1. The summed E-state index contributed by atoms with van der Waals surface area (Å²) >= 11 is 0. The molecule has 0 saturated heterocycles. The zero-order valence-corrected chi connectivity index (χ0v) is 11.0. The van der Waals surface area contributed by atoms with E-state index in [1.54, 1.807) is 36.4 Å². The quantitative estimate of drug-likeness (QED) is 0.742. The standard InChI is InChI=1S/C15H15N3O2/c1-9-5-11(7-12(16)6-9)15(20)18-13-4-2-3-10(8-13)14(17)19/h2-8H,16H2,1H3,(H2,17,19)(H,18,20). The van der Waals surface area contributed by atoms with Gasteiger partial charge < -0.3 is 16.8 Å². The highest BCUT2D eigenvalue weighted by molar-refractivity contribution is 6.05. The molecule has 20 heavy (non-hydrogen) atoms. The molecule has 0 spiro atoms. The van der Waals surface area contributed by atoms with E-state index in [0.29, 0.717) is 22.5 Å². The zero-order valence-electron chi connectivity index (χ0n) is 11.0. The lowest BCUT2D eigenvalue weighted by Gasteiger charge is -2.08. The third-order valence-electron chi connectivity index (χ3n) is 2.77. The fourth-order valence-electron chi connectivity index (χ4n) is 1.90. The topological polar surface area (TPSA) is 98.2 Å². The summed E-state index contributed by atoms with van der Waals surface area (Å²) in [7, 11) is 0. The number of rotatable bonds is 3. The van der Waals surface area contributed by atoms with E-state index in [1.807, 2.05) is 6.92 Å². The summed E-state index contributed by atoms with van der Waals surface area (Å²) in [6, 6.07) is 11.6. The molecule has 5 N–H and O–H groups in total. The van der Waals surface area contributed by atoms with Gasteiger partial charge in [0.15, 0.2) is 0 Å². The number of benzene rings is 2. The number of carbonyl (C=O) groups is 2. The number of hydrogen-bond acceptors (Lipinski definition) is 3. The van der Waals surface area contributed by atoms with Crippen molar-refractivity contribution in [3.8, 4) is 0 Å². The van der Waals surface area contributed by atoms with Gasteiger partial charge in [-0.25, -0.2) is 0 Å². The second-order valence-corrected chi connectivity index (χ2v) is 4.53. The molecule has 102 valence electrons. The molecule has 0 atom stereocenters. The molecule has 5 heteroatoms. The number of carbonyl (C=O) groups excluding carboxylic acids is 2. The Labute approximate surface area is 116 Å². The van der Waals surface area contributed by atoms with E-state index in [0.717, 1.165) is 5.56 Å². The summed E-state index contributed by atoms with van der Waals surface area (Å²) in [5, 5.41) is 2.71. The molecule has 0 heterocycles. The van der Waals surface area contributed by atoms with E-state index in [-0.39, 0.29) is 5.91 Å². The van der Waals surface area contributed by atoms with E-state index in [2.05, 4.69) is 5.32 Å². The summed E-state index contributed by atoms with van der Waals surface area (Å²) < 4.78 is 0. The van der Waals surface area contributed by atoms with Crippen molar-refractivity contribution >= 4 is 23.2 Å². The first kappa shape index (κ1) is 13.6. The fraction of sp³-hybridized carbons (Fsp3) is 0.0667. The number of nitrogens with two attached hydrogens (primary N) is 2. The highest BCUT2D eigenvalue weighted by atomic mass is 16.2. The minimum absolute atomic E-state index is 0.290. The first-order valence-electron chi connectivity index (χ1n) is 6.04. The van der Waals surface area contributed by atoms with Gasteiger partial charge >= 0.3 is 0 Å². The largest absolute Gasteiger partial charge is 0.399 e. The molecular weight excluding hydrogens is 254 g/mol. The number of primary amides is 1. The van der Waals surface area contributed by atoms with Crippen LogP contribution in [0.25, 0.3) is 0 Å². The molecule has 0 bridgehead atoms. The molecule has 0 fully saturated rings. The average Bonchev–Trinajstić information content (AvgIpc) is 2.37. The van der Waals surface area contributed by atoms with Crippen LogP contribution in [-0.4, -0.2) is 11.8 Å². The van der Waals surface area contributed by atoms with Crippen LogP contribution in [0.4, 0.5) is 11.4 Å². The molecule has 0 saturated carbocycles. The van der Waals surface area contributed by atoms with Crippen LogP contribution in [0.1, 0.15) is 26.3 Å². The molecule has 2 rings (SSSR count). The predicted molar refractivity (Wildman–Crippen MR) is 78.5 cm³/mol. The van der Waals surface area contributed by atoms with E-state index < -0.39 is 5.91 Å². The smallest absolute Gasteiger partial charge is 0.255 e. The van der Waals surface area contributed by atoms with Crippen molar-refractivity contribution in [2.24, 2.45) is 5.73 Å². The normalized spacial score (nSPS) is 10.1. The molecule has 0 radical (unpaired) electrons. The third kappa shape index (κ3) is 3.14. The first-order chi connectivity index (χ1) is 9.45. The van der Waals surface area contributed by atoms with E-state index in [4.69, 9.17) is 11.5 Å². The lowest BCUT2D eigenvalue weighted by Crippen LogP contribution is -2.14. The lowest BCUT2D eigenvalue weighted by molar-refractivity contribution is 0.0996. The molecule has 0 aliphatic heterocycles. The van der Waals surface area contributed by atoms with Gasteiger partial charge in [0.2, 0.25) is 5.91 Å². The Morgan fingerprint density at radius 3 is 2.45 bits per heavy atom. The van der Waals surface area contributed by atoms with Gasteiger partial charge in [0.25, 0.3) is 5.91 Å². The van der Waals surface area contributed by atoms with E-state index >= 15 is 0 Å². The van der Waals surface area contributed by atoms with Crippen molar-refractivity contribution in [1.82, 2.24) is 0 Å². The van der Waals surface area contributed by atoms with E-state index in [9.17, 15) is 9.59 Å². The van der Waals surface area contributed by atoms with Crippen LogP contribution in [0.2, 0.25) is 0 Å². The Morgan fingerprint density at radius 1 is 1.05 bits per heavy atom. The third-order valence-corrected chi connectivity index (χ3v) is 2.77. The molecule has 2 aromatic rings. The number of nitrogen functional groups attached to an aromatic ring is 1. The molecule has 2 amide bonds. The van der Waals surface area contributed by atoms with Gasteiger partial charge in [-0.05, 0) is 48.9 Å². The minimum Gasteiger partial charge on any atom is -0.399 e. The van der Waals surface area contributed by atoms with Gasteiger partial charge in [0.1, 0.15) is 0 Å². The maximum atomic E-state index is 12.1. The molecule has 2 aromatic carbocycles. The van der Waals surface area contributed by atoms with Crippen LogP contribution in [0.5, 0.6) is 0 Å². The van der Waals surface area contributed by atoms with Crippen molar-refractivity contribution in [2.45, 2.75) is 6.92 Å². The van der Waals surface area contributed by atoms with Gasteiger partial charge in [-0.3, -0.25) is 9.59 Å². The van der Waals surface area contributed by atoms with Gasteiger partial charge in [0, 0.05) is 22.5 Å². The summed E-state index contributed by atoms with van der Waals surface area (Å²) in [5.74, 6) is -0.831. The minimum atomic E-state index is -0.541. The van der Waals surface area contributed by atoms with Crippen LogP contribution in [0.3, 0.4) is 0 Å². The van der Waals surface area contributed by atoms with Crippen molar-refractivity contribution in [3.63, 3.8) is 0 Å². The summed E-state index contributed by atoms with van der Waals surface area (Å²) in [4.78, 5) is 23.2. The fourth-order valence-corrected chi connectivity index (χ4v) is 1.90. The Kier molecular flexibility index (Phi) is 3.70. The van der Waals surface area contributed by atoms with Crippen LogP contribution in [-0.2, 0) is 0 Å². The maximum absolute atomic E-state index is 12.1. The van der Waals surface area contributed by atoms with Crippen LogP contribution < -0.4 is 16.8 Å². The van der Waals surface area contributed by atoms with Crippen molar-refractivity contribution < 1.29 is 9.59 Å². The van der Waals surface area contributed by atoms with Crippen molar-refractivity contribution in [3.05, 3.63) is 59.2 Å². The second-order valence-electron chi connectivity index (χ2n) is 4.53. The van der Waals surface area contributed by atoms with E-state index in [1.165, 1.54) is 6.07 Å². The van der Waals surface area contributed by atoms with Crippen LogP contribution in [0.15, 0.2) is 42.5 Å². The van der Waals surface area contributed by atoms with Crippen molar-refractivity contribution in [2.75, 3.05) is 11.1 Å². The summed E-state index contributed by atoms with van der Waals surface area (Å²) in [6.45, 7) is 1.86. The SMILES string of the molecule is Cc1cc(N)cc(C(=O)Nc2cccc(C(N)=O)c2)c1. The predicted octanol–water partition coefficient (Wildman–Crippen LogP) is 1.93. The van der Waals surface area contributed by atoms with Crippen molar-refractivity contribution in [1.29, 1.82) is 0 Å². The molecular formula is C15H15N3O2. The van der Waals surface area contributed by atoms with Gasteiger partial charge in [0.05, 0.1) is 0 Å². The number of anilines is 2. The number of hydrogen-bond donors (Lipinski definition) is 3. The van der Waals surface area contributed by atoms with Crippen LogP contribution in [0, 0.1) is 6.92 Å². The Bertz CT molecular complexity index is 660. The van der Waals surface area contributed by atoms with Gasteiger partial charge in [-0.2, -0.15) is 0 Å².